The SMILES string of the molecule is Fc1ccccc1COc1ccc(C=Nc2ccc([C@@H]3Nc4ccccc4[C@H]4C=CC[C@H]43)cc2)cc1Cl. The van der Waals surface area contributed by atoms with Crippen molar-refractivity contribution in [1.29, 1.82) is 0 Å². The molecule has 37 heavy (non-hydrogen) atoms. The van der Waals surface area contributed by atoms with Crippen molar-refractivity contribution in [3.05, 3.63) is 136 Å². The average molecular weight is 509 g/mol. The van der Waals surface area contributed by atoms with Crippen LogP contribution in [0.4, 0.5) is 15.8 Å². The summed E-state index contributed by atoms with van der Waals surface area (Å²) in [7, 11) is 0. The van der Waals surface area contributed by atoms with Gasteiger partial charge >= 0.3 is 0 Å². The van der Waals surface area contributed by atoms with Crippen LogP contribution in [-0.2, 0) is 6.61 Å². The van der Waals surface area contributed by atoms with E-state index in [-0.39, 0.29) is 18.5 Å². The van der Waals surface area contributed by atoms with Crippen LogP contribution in [0.15, 0.2) is 108 Å². The number of rotatable bonds is 6. The van der Waals surface area contributed by atoms with Gasteiger partial charge in [-0.05, 0) is 71.5 Å². The van der Waals surface area contributed by atoms with Crippen molar-refractivity contribution in [3.8, 4) is 5.75 Å². The van der Waals surface area contributed by atoms with Crippen molar-refractivity contribution in [3.63, 3.8) is 0 Å². The number of nitrogens with zero attached hydrogens (tertiary/aromatic N) is 1. The van der Waals surface area contributed by atoms with Gasteiger partial charge in [-0.1, -0.05) is 72.3 Å². The highest BCUT2D eigenvalue weighted by Crippen LogP contribution is 2.49. The minimum atomic E-state index is -0.294. The second-order valence-corrected chi connectivity index (χ2v) is 9.89. The van der Waals surface area contributed by atoms with Crippen LogP contribution in [0, 0.1) is 11.7 Å². The summed E-state index contributed by atoms with van der Waals surface area (Å²) in [5, 5.41) is 4.23. The van der Waals surface area contributed by atoms with Crippen molar-refractivity contribution in [2.75, 3.05) is 5.32 Å². The number of anilines is 1. The first-order chi connectivity index (χ1) is 18.2. The topological polar surface area (TPSA) is 33.6 Å². The number of hydrogen-bond donors (Lipinski definition) is 1. The Balaban J connectivity index is 1.13. The van der Waals surface area contributed by atoms with Gasteiger partial charge in [0.2, 0.25) is 0 Å². The van der Waals surface area contributed by atoms with E-state index in [4.69, 9.17) is 16.3 Å². The average Bonchev–Trinajstić information content (AvgIpc) is 3.43. The summed E-state index contributed by atoms with van der Waals surface area (Å²) < 4.78 is 19.5. The van der Waals surface area contributed by atoms with Gasteiger partial charge in [-0.2, -0.15) is 0 Å². The number of allylic oxidation sites excluding steroid dienone is 2. The van der Waals surface area contributed by atoms with Crippen LogP contribution in [-0.4, -0.2) is 6.21 Å². The maximum absolute atomic E-state index is 13.8. The Kier molecular flexibility index (Phi) is 6.50. The van der Waals surface area contributed by atoms with Gasteiger partial charge in [-0.15, -0.1) is 0 Å². The van der Waals surface area contributed by atoms with Crippen molar-refractivity contribution in [2.24, 2.45) is 10.9 Å². The highest BCUT2D eigenvalue weighted by atomic mass is 35.5. The van der Waals surface area contributed by atoms with Gasteiger partial charge in [0.25, 0.3) is 0 Å². The zero-order valence-corrected chi connectivity index (χ0v) is 20.9. The third kappa shape index (κ3) is 4.90. The lowest BCUT2D eigenvalue weighted by Gasteiger charge is -2.37. The Morgan fingerprint density at radius 2 is 1.78 bits per heavy atom. The Hall–Kier alpha value is -3.89. The Morgan fingerprint density at radius 3 is 2.62 bits per heavy atom. The van der Waals surface area contributed by atoms with Crippen LogP contribution < -0.4 is 10.1 Å². The number of nitrogens with one attached hydrogen (secondary N) is 1. The summed E-state index contributed by atoms with van der Waals surface area (Å²) in [5.41, 5.74) is 6.10. The largest absolute Gasteiger partial charge is 0.487 e. The molecule has 1 aliphatic carbocycles. The Morgan fingerprint density at radius 1 is 0.973 bits per heavy atom. The van der Waals surface area contributed by atoms with E-state index in [1.807, 2.05) is 6.07 Å². The number of hydrogen-bond acceptors (Lipinski definition) is 3. The summed E-state index contributed by atoms with van der Waals surface area (Å²) in [6.07, 6.45) is 7.54. The normalized spacial score (nSPS) is 19.9. The van der Waals surface area contributed by atoms with Gasteiger partial charge < -0.3 is 10.1 Å². The van der Waals surface area contributed by atoms with Crippen molar-refractivity contribution in [1.82, 2.24) is 0 Å². The van der Waals surface area contributed by atoms with Crippen LogP contribution >= 0.6 is 11.6 Å². The number of para-hydroxylation sites is 1. The third-order valence-electron chi connectivity index (χ3n) is 7.18. The van der Waals surface area contributed by atoms with E-state index in [0.717, 1.165) is 17.7 Å². The molecule has 0 radical (unpaired) electrons. The minimum absolute atomic E-state index is 0.116. The van der Waals surface area contributed by atoms with Gasteiger partial charge in [0.05, 0.1) is 16.8 Å². The van der Waals surface area contributed by atoms with Crippen molar-refractivity contribution < 1.29 is 9.13 Å². The molecule has 3 atom stereocenters. The van der Waals surface area contributed by atoms with E-state index in [9.17, 15) is 4.39 Å². The lowest BCUT2D eigenvalue weighted by atomic mass is 9.77. The predicted molar refractivity (Wildman–Crippen MR) is 149 cm³/mol. The molecule has 1 aliphatic heterocycles. The molecule has 5 heteroatoms. The van der Waals surface area contributed by atoms with Crippen LogP contribution in [0.1, 0.15) is 40.6 Å². The van der Waals surface area contributed by atoms with E-state index in [0.29, 0.717) is 28.2 Å². The van der Waals surface area contributed by atoms with E-state index in [1.54, 1.807) is 36.5 Å². The number of aliphatic imine (C=N–C) groups is 1. The fraction of sp³-hybridized carbons (Fsp3) is 0.156. The number of halogens is 2. The first-order valence-electron chi connectivity index (χ1n) is 12.5. The summed E-state index contributed by atoms with van der Waals surface area (Å²) >= 11 is 6.41. The molecule has 6 rings (SSSR count). The van der Waals surface area contributed by atoms with Gasteiger partial charge in [0.15, 0.2) is 0 Å². The van der Waals surface area contributed by atoms with Crippen LogP contribution in [0.3, 0.4) is 0 Å². The van der Waals surface area contributed by atoms with Gasteiger partial charge in [0, 0.05) is 23.4 Å². The fourth-order valence-corrected chi connectivity index (χ4v) is 5.52. The molecule has 4 aromatic carbocycles. The molecule has 0 amide bonds. The Bertz CT molecular complexity index is 1480. The smallest absolute Gasteiger partial charge is 0.138 e. The van der Waals surface area contributed by atoms with E-state index in [1.165, 1.54) is 22.9 Å². The summed E-state index contributed by atoms with van der Waals surface area (Å²) in [5.74, 6) is 1.19. The van der Waals surface area contributed by atoms with Crippen LogP contribution in [0.2, 0.25) is 5.02 Å². The zero-order valence-electron chi connectivity index (χ0n) is 20.1. The van der Waals surface area contributed by atoms with E-state index in [2.05, 4.69) is 71.0 Å². The van der Waals surface area contributed by atoms with Crippen LogP contribution in [0.5, 0.6) is 5.75 Å². The molecule has 4 aromatic rings. The summed E-state index contributed by atoms with van der Waals surface area (Å²) in [6.45, 7) is 0.116. The monoisotopic (exact) mass is 508 g/mol. The molecule has 0 bridgehead atoms. The number of fused-ring (bicyclic) bond motifs is 3. The number of ether oxygens (including phenoxy) is 1. The molecule has 1 N–H and O–H groups in total. The summed E-state index contributed by atoms with van der Waals surface area (Å²) in [4.78, 5) is 4.63. The molecule has 2 aliphatic rings. The lowest BCUT2D eigenvalue weighted by Crippen LogP contribution is -2.28. The molecule has 3 nitrogen and oxygen atoms in total. The molecule has 0 spiro atoms. The molecule has 0 saturated carbocycles. The summed E-state index contributed by atoms with van der Waals surface area (Å²) in [6, 6.07) is 29.3. The molecular formula is C32H26ClFN2O. The lowest BCUT2D eigenvalue weighted by molar-refractivity contribution is 0.300. The molecule has 1 heterocycles. The zero-order chi connectivity index (χ0) is 25.2. The van der Waals surface area contributed by atoms with Crippen molar-refractivity contribution in [2.45, 2.75) is 25.0 Å². The molecule has 0 aromatic heterocycles. The Labute approximate surface area is 221 Å². The second-order valence-electron chi connectivity index (χ2n) is 9.48. The molecule has 0 saturated heterocycles. The van der Waals surface area contributed by atoms with E-state index < -0.39 is 0 Å². The highest BCUT2D eigenvalue weighted by molar-refractivity contribution is 6.32. The molecular weight excluding hydrogens is 483 g/mol. The molecule has 0 fully saturated rings. The fourth-order valence-electron chi connectivity index (χ4n) is 5.28. The second kappa shape index (κ2) is 10.2. The predicted octanol–water partition coefficient (Wildman–Crippen LogP) is 8.64. The maximum atomic E-state index is 13.8. The first kappa shape index (κ1) is 23.5. The maximum Gasteiger partial charge on any atom is 0.138 e. The van der Waals surface area contributed by atoms with Gasteiger partial charge in [-0.3, -0.25) is 4.99 Å². The number of benzene rings is 4. The minimum Gasteiger partial charge on any atom is -0.487 e. The van der Waals surface area contributed by atoms with E-state index >= 15 is 0 Å². The third-order valence-corrected chi connectivity index (χ3v) is 7.48. The van der Waals surface area contributed by atoms with Crippen LogP contribution in [0.25, 0.3) is 0 Å². The molecule has 184 valence electrons. The standard InChI is InChI=1S/C32H26ClFN2O/c33-28-18-21(12-17-31(28)37-20-23-6-1-3-10-29(23)34)19-35-24-15-13-22(14-16-24)32-27-9-5-8-25(27)26-7-2-4-11-30(26)36-32/h1-8,10-19,25,27,32,36H,9,20H2/t25-,27-,32+/m1/s1. The highest BCUT2D eigenvalue weighted by Gasteiger charge is 2.37. The first-order valence-corrected chi connectivity index (χ1v) is 12.9. The van der Waals surface area contributed by atoms with Crippen molar-refractivity contribution >= 4 is 29.2 Å². The van der Waals surface area contributed by atoms with Gasteiger partial charge in [0.1, 0.15) is 18.2 Å². The quantitative estimate of drug-likeness (QED) is 0.209. The molecule has 0 unspecified atom stereocenters. The van der Waals surface area contributed by atoms with Gasteiger partial charge in [-0.25, -0.2) is 4.39 Å².